The zero-order valence-electron chi connectivity index (χ0n) is 10.9. The number of para-hydroxylation sites is 1. The minimum atomic E-state index is -0.533. The van der Waals surface area contributed by atoms with Crippen LogP contribution in [0.2, 0.25) is 0 Å². The maximum absolute atomic E-state index is 6.45. The summed E-state index contributed by atoms with van der Waals surface area (Å²) in [5, 5.41) is 0. The normalized spacial score (nSPS) is 23.0. The van der Waals surface area contributed by atoms with Gasteiger partial charge >= 0.3 is 0 Å². The van der Waals surface area contributed by atoms with Crippen molar-refractivity contribution < 1.29 is 4.74 Å². The van der Waals surface area contributed by atoms with Crippen molar-refractivity contribution in [2.24, 2.45) is 11.5 Å². The molecule has 0 amide bonds. The topological polar surface area (TPSA) is 61.3 Å². The van der Waals surface area contributed by atoms with Gasteiger partial charge in [-0.05, 0) is 32.4 Å². The van der Waals surface area contributed by atoms with Gasteiger partial charge in [0.05, 0.1) is 11.6 Å². The van der Waals surface area contributed by atoms with Crippen LogP contribution in [0, 0.1) is 0 Å². The van der Waals surface area contributed by atoms with Crippen molar-refractivity contribution in [3.63, 3.8) is 0 Å². The Hall–Kier alpha value is -1.74. The molecule has 0 saturated carbocycles. The molecule has 1 atom stereocenters. The molecule has 2 rings (SSSR count). The minimum absolute atomic E-state index is 0.128. The maximum atomic E-state index is 6.45. The number of benzene rings is 1. The lowest BCUT2D eigenvalue weighted by Gasteiger charge is -2.30. The van der Waals surface area contributed by atoms with E-state index in [9.17, 15) is 0 Å². The predicted molar refractivity (Wildman–Crippen MR) is 74.1 cm³/mol. The first kappa shape index (κ1) is 12.7. The second kappa shape index (κ2) is 4.86. The summed E-state index contributed by atoms with van der Waals surface area (Å²) >= 11 is 0. The van der Waals surface area contributed by atoms with Crippen molar-refractivity contribution in [2.45, 2.75) is 31.9 Å². The van der Waals surface area contributed by atoms with Crippen LogP contribution in [0.25, 0.3) is 0 Å². The molecule has 0 aromatic heterocycles. The average Bonchev–Trinajstić information content (AvgIpc) is 2.33. The molecule has 0 fully saturated rings. The van der Waals surface area contributed by atoms with Gasteiger partial charge in [0.15, 0.2) is 0 Å². The van der Waals surface area contributed by atoms with Gasteiger partial charge in [-0.25, -0.2) is 0 Å². The lowest BCUT2D eigenvalue weighted by molar-refractivity contribution is 0.236. The quantitative estimate of drug-likeness (QED) is 0.858. The molecule has 0 spiro atoms. The van der Waals surface area contributed by atoms with E-state index in [2.05, 4.69) is 0 Å². The SMILES string of the molecule is CC(C)Oc1ccccc1C1(N)C=CC(N)=CC1. The first-order valence-corrected chi connectivity index (χ1v) is 6.21. The fourth-order valence-corrected chi connectivity index (χ4v) is 2.08. The van der Waals surface area contributed by atoms with Gasteiger partial charge in [0.25, 0.3) is 0 Å². The predicted octanol–water partition coefficient (Wildman–Crippen LogP) is 2.43. The molecular formula is C15H20N2O. The van der Waals surface area contributed by atoms with Crippen LogP contribution in [0.3, 0.4) is 0 Å². The highest BCUT2D eigenvalue weighted by Gasteiger charge is 2.28. The first-order valence-electron chi connectivity index (χ1n) is 6.21. The standard InChI is InChI=1S/C15H20N2O/c1-11(2)18-14-6-4-3-5-13(14)15(17)9-7-12(16)8-10-15/h3-9,11H,10,16-17H2,1-2H3. The average molecular weight is 244 g/mol. The highest BCUT2D eigenvalue weighted by Crippen LogP contribution is 2.34. The van der Waals surface area contributed by atoms with Gasteiger partial charge < -0.3 is 16.2 Å². The molecule has 18 heavy (non-hydrogen) atoms. The van der Waals surface area contributed by atoms with Gasteiger partial charge in [0, 0.05) is 11.3 Å². The van der Waals surface area contributed by atoms with E-state index in [4.69, 9.17) is 16.2 Å². The van der Waals surface area contributed by atoms with Crippen molar-refractivity contribution in [1.82, 2.24) is 0 Å². The van der Waals surface area contributed by atoms with Gasteiger partial charge in [0.2, 0.25) is 0 Å². The highest BCUT2D eigenvalue weighted by molar-refractivity contribution is 5.45. The molecule has 1 aromatic carbocycles. The second-order valence-electron chi connectivity index (χ2n) is 4.94. The number of hydrogen-bond donors (Lipinski definition) is 2. The molecule has 96 valence electrons. The van der Waals surface area contributed by atoms with Crippen LogP contribution in [0.1, 0.15) is 25.8 Å². The van der Waals surface area contributed by atoms with Crippen LogP contribution < -0.4 is 16.2 Å². The number of nitrogens with two attached hydrogens (primary N) is 2. The lowest BCUT2D eigenvalue weighted by atomic mass is 9.84. The van der Waals surface area contributed by atoms with E-state index in [0.29, 0.717) is 6.42 Å². The Kier molecular flexibility index (Phi) is 3.43. The maximum Gasteiger partial charge on any atom is 0.125 e. The van der Waals surface area contributed by atoms with E-state index in [0.717, 1.165) is 17.0 Å². The van der Waals surface area contributed by atoms with Crippen molar-refractivity contribution in [3.05, 3.63) is 53.8 Å². The van der Waals surface area contributed by atoms with Gasteiger partial charge in [-0.15, -0.1) is 0 Å². The third kappa shape index (κ3) is 2.57. The van der Waals surface area contributed by atoms with Crippen LogP contribution in [-0.4, -0.2) is 6.10 Å². The zero-order chi connectivity index (χ0) is 13.2. The Balaban J connectivity index is 2.36. The van der Waals surface area contributed by atoms with Gasteiger partial charge in [-0.3, -0.25) is 0 Å². The van der Waals surface area contributed by atoms with Crippen LogP contribution in [0.5, 0.6) is 5.75 Å². The van der Waals surface area contributed by atoms with Crippen LogP contribution in [0.4, 0.5) is 0 Å². The molecule has 4 N–H and O–H groups in total. The third-order valence-corrected chi connectivity index (χ3v) is 3.00. The molecule has 0 radical (unpaired) electrons. The largest absolute Gasteiger partial charge is 0.491 e. The van der Waals surface area contributed by atoms with E-state index in [1.54, 1.807) is 0 Å². The Morgan fingerprint density at radius 2 is 2.00 bits per heavy atom. The Labute approximate surface area is 108 Å². The van der Waals surface area contributed by atoms with E-state index in [1.165, 1.54) is 0 Å². The summed E-state index contributed by atoms with van der Waals surface area (Å²) in [7, 11) is 0. The molecule has 3 heteroatoms. The molecule has 1 aromatic rings. The molecule has 1 aliphatic carbocycles. The third-order valence-electron chi connectivity index (χ3n) is 3.00. The van der Waals surface area contributed by atoms with E-state index in [-0.39, 0.29) is 6.10 Å². The van der Waals surface area contributed by atoms with Crippen molar-refractivity contribution in [1.29, 1.82) is 0 Å². The van der Waals surface area contributed by atoms with Crippen molar-refractivity contribution in [3.8, 4) is 5.75 Å². The Morgan fingerprint density at radius 3 is 2.61 bits per heavy atom. The van der Waals surface area contributed by atoms with Crippen LogP contribution >= 0.6 is 0 Å². The number of ether oxygens (including phenoxy) is 1. The van der Waals surface area contributed by atoms with Gasteiger partial charge in [-0.1, -0.05) is 30.4 Å². The number of rotatable bonds is 3. The summed E-state index contributed by atoms with van der Waals surface area (Å²) in [5.74, 6) is 0.841. The number of hydrogen-bond acceptors (Lipinski definition) is 3. The fourth-order valence-electron chi connectivity index (χ4n) is 2.08. The molecule has 0 bridgehead atoms. The molecule has 0 saturated heterocycles. The van der Waals surface area contributed by atoms with Crippen LogP contribution in [0.15, 0.2) is 48.2 Å². The Morgan fingerprint density at radius 1 is 1.28 bits per heavy atom. The molecule has 1 unspecified atom stereocenters. The first-order chi connectivity index (χ1) is 8.51. The molecule has 3 nitrogen and oxygen atoms in total. The zero-order valence-corrected chi connectivity index (χ0v) is 10.9. The molecule has 1 aliphatic rings. The summed E-state index contributed by atoms with van der Waals surface area (Å²) in [6.07, 6.45) is 6.57. The summed E-state index contributed by atoms with van der Waals surface area (Å²) in [4.78, 5) is 0. The molecule has 0 heterocycles. The molecule has 0 aliphatic heterocycles. The smallest absolute Gasteiger partial charge is 0.125 e. The van der Waals surface area contributed by atoms with E-state index >= 15 is 0 Å². The Bertz CT molecular complexity index is 491. The van der Waals surface area contributed by atoms with E-state index < -0.39 is 5.54 Å². The lowest BCUT2D eigenvalue weighted by Crippen LogP contribution is -2.36. The fraction of sp³-hybridized carbons (Fsp3) is 0.333. The highest BCUT2D eigenvalue weighted by atomic mass is 16.5. The van der Waals surface area contributed by atoms with Gasteiger partial charge in [0.1, 0.15) is 5.75 Å². The van der Waals surface area contributed by atoms with Crippen molar-refractivity contribution in [2.75, 3.05) is 0 Å². The van der Waals surface area contributed by atoms with E-state index in [1.807, 2.05) is 56.3 Å². The number of allylic oxidation sites excluding steroid dienone is 1. The summed E-state index contributed by atoms with van der Waals surface area (Å²) < 4.78 is 5.82. The van der Waals surface area contributed by atoms with Crippen LogP contribution in [-0.2, 0) is 5.54 Å². The summed E-state index contributed by atoms with van der Waals surface area (Å²) in [6.45, 7) is 4.02. The second-order valence-corrected chi connectivity index (χ2v) is 4.94. The monoisotopic (exact) mass is 244 g/mol. The summed E-state index contributed by atoms with van der Waals surface area (Å²) in [5.41, 5.74) is 13.4. The minimum Gasteiger partial charge on any atom is -0.491 e. The summed E-state index contributed by atoms with van der Waals surface area (Å²) in [6, 6.07) is 7.91. The molecular weight excluding hydrogens is 224 g/mol. The van der Waals surface area contributed by atoms with Gasteiger partial charge in [-0.2, -0.15) is 0 Å². The van der Waals surface area contributed by atoms with Crippen molar-refractivity contribution >= 4 is 0 Å².